The fourth-order valence-corrected chi connectivity index (χ4v) is 9.39. The van der Waals surface area contributed by atoms with Gasteiger partial charge in [0.1, 0.15) is 60.4 Å². The molecule has 86 heavy (non-hydrogen) atoms. The number of carbonyl (C=O) groups excluding carboxylic acids is 11. The molecule has 2 rings (SSSR count). The molecule has 1 aliphatic heterocycles. The van der Waals surface area contributed by atoms with Crippen LogP contribution in [-0.4, -0.2) is 187 Å². The monoisotopic (exact) mass is 1280 g/mol. The highest BCUT2D eigenvalue weighted by molar-refractivity contribution is 9.10. The van der Waals surface area contributed by atoms with Gasteiger partial charge in [-0.15, -0.1) is 0 Å². The molecule has 0 radical (unpaired) electrons. The first kappa shape index (κ1) is 75.7. The largest absolute Gasteiger partial charge is 0.391 e. The first-order chi connectivity index (χ1) is 40.7. The number of amides is 11. The maximum absolute atomic E-state index is 14.6. The second-order valence-electron chi connectivity index (χ2n) is 22.2. The first-order valence-electron chi connectivity index (χ1n) is 29.6. The van der Waals surface area contributed by atoms with Gasteiger partial charge in [0, 0.05) is 23.9 Å². The molecule has 30 heteroatoms. The highest BCUT2D eigenvalue weighted by atomic mass is 79.9. The van der Waals surface area contributed by atoms with Crippen LogP contribution >= 0.6 is 15.9 Å². The molecule has 0 unspecified atom stereocenters. The Kier molecular flexibility index (Phi) is 35.3. The van der Waals surface area contributed by atoms with E-state index in [1.54, 1.807) is 38.1 Å². The van der Waals surface area contributed by atoms with E-state index in [9.17, 15) is 63.0 Å². The summed E-state index contributed by atoms with van der Waals surface area (Å²) in [6.07, 6.45) is -1.12. The van der Waals surface area contributed by atoms with Crippen molar-refractivity contribution in [1.29, 1.82) is 0 Å². The van der Waals surface area contributed by atoms with E-state index < -0.39 is 151 Å². The molecule has 1 aromatic carbocycles. The third-order valence-electron chi connectivity index (χ3n) is 14.3. The van der Waals surface area contributed by atoms with Crippen molar-refractivity contribution in [3.05, 3.63) is 34.3 Å². The van der Waals surface area contributed by atoms with Crippen LogP contribution in [0.2, 0.25) is 0 Å². The van der Waals surface area contributed by atoms with E-state index in [0.717, 1.165) is 19.3 Å². The van der Waals surface area contributed by atoms with Gasteiger partial charge in [0.25, 0.3) is 0 Å². The molecule has 0 aromatic heterocycles. The van der Waals surface area contributed by atoms with Crippen LogP contribution < -0.4 is 87.2 Å². The van der Waals surface area contributed by atoms with Crippen LogP contribution in [0.15, 0.2) is 28.7 Å². The number of halogens is 1. The van der Waals surface area contributed by atoms with Gasteiger partial charge in [-0.05, 0) is 127 Å². The van der Waals surface area contributed by atoms with E-state index in [0.29, 0.717) is 22.4 Å². The van der Waals surface area contributed by atoms with Crippen molar-refractivity contribution < 1.29 is 63.0 Å². The van der Waals surface area contributed by atoms with Crippen LogP contribution in [0.1, 0.15) is 124 Å². The summed E-state index contributed by atoms with van der Waals surface area (Å²) in [5.74, 6) is -9.51. The highest BCUT2D eigenvalue weighted by Gasteiger charge is 2.37. The Hall–Kier alpha value is -6.41. The average molecular weight is 1280 g/mol. The number of aliphatic hydroxyl groups excluding tert-OH is 2. The zero-order valence-corrected chi connectivity index (χ0v) is 52.1. The molecule has 1 aromatic rings. The van der Waals surface area contributed by atoms with Crippen molar-refractivity contribution in [3.8, 4) is 0 Å². The average Bonchev–Trinajstić information content (AvgIpc) is 3.59. The first-order valence-corrected chi connectivity index (χ1v) is 30.4. The van der Waals surface area contributed by atoms with Crippen molar-refractivity contribution in [2.24, 2.45) is 40.5 Å². The maximum atomic E-state index is 14.6. The van der Waals surface area contributed by atoms with Gasteiger partial charge in [-0.2, -0.15) is 0 Å². The Morgan fingerprint density at radius 1 is 0.581 bits per heavy atom. The summed E-state index contributed by atoms with van der Waals surface area (Å²) >= 11 is 3.39. The summed E-state index contributed by atoms with van der Waals surface area (Å²) in [7, 11) is 0. The second kappa shape index (κ2) is 40.1. The third kappa shape index (κ3) is 27.1. The molecule has 0 spiro atoms. The lowest BCUT2D eigenvalue weighted by Crippen LogP contribution is -2.62. The summed E-state index contributed by atoms with van der Waals surface area (Å²) in [6.45, 7) is 8.98. The molecule has 1 heterocycles. The van der Waals surface area contributed by atoms with E-state index in [1.165, 1.54) is 13.8 Å². The standard InChI is InChI=1S/C56H97BrN16O13/c1-7-31(4)10-8-9-11-44(76)64-36(16-22-58)51(81)73-46(33(6)75)56(86)69-39(19-25-61)48(78)68-41-21-27-63-55(85)45(32(5)74)72-52(82)40(20-26-62)66-47(77)37(17-23-59)67-53(83)42(28-30(2)3)70-54(84)43(29-34-12-14-35(57)15-13-34)71-49(79)38(18-24-60)65-50(41)80/h12-15,30-33,36-43,45-46,74-75H,7-11,16-29,58-62H2,1-6H3,(H,63,85)(H,64,76)(H,65,80)(H,66,77)(H,67,83)(H,68,78)(H,69,86)(H,70,84)(H,71,79)(H,72,82)(H,73,81)/t31-,32+,33+,36-,37-,38-,39-,40-,41-,42-,43+,45-,46-/m0/s1. The fourth-order valence-electron chi connectivity index (χ4n) is 9.13. The Bertz CT molecular complexity index is 2370. The molecule has 486 valence electrons. The van der Waals surface area contributed by atoms with Crippen molar-refractivity contribution in [2.45, 2.75) is 198 Å². The van der Waals surface area contributed by atoms with E-state index in [-0.39, 0.29) is 90.0 Å². The van der Waals surface area contributed by atoms with Crippen molar-refractivity contribution >= 4 is 80.9 Å². The zero-order chi connectivity index (χ0) is 64.6. The lowest BCUT2D eigenvalue weighted by molar-refractivity contribution is -0.137. The van der Waals surface area contributed by atoms with Crippen molar-refractivity contribution in [2.75, 3.05) is 39.3 Å². The number of hydrogen-bond donors (Lipinski definition) is 18. The normalized spacial score (nSPS) is 22.8. The Morgan fingerprint density at radius 2 is 1.07 bits per heavy atom. The molecule has 1 aliphatic rings. The van der Waals surface area contributed by atoms with Gasteiger partial charge < -0.3 is 97.4 Å². The number of unbranched alkanes of at least 4 members (excludes halogenated alkanes) is 1. The smallest absolute Gasteiger partial charge is 0.245 e. The predicted octanol–water partition coefficient (Wildman–Crippen LogP) is -4.48. The van der Waals surface area contributed by atoms with Crippen LogP contribution in [0.5, 0.6) is 0 Å². The number of benzene rings is 1. The molecule has 0 bridgehead atoms. The number of nitrogens with two attached hydrogens (primary N) is 5. The van der Waals surface area contributed by atoms with Crippen LogP contribution in [-0.2, 0) is 59.2 Å². The minimum atomic E-state index is -1.70. The lowest BCUT2D eigenvalue weighted by atomic mass is 10.00. The van der Waals surface area contributed by atoms with E-state index in [2.05, 4.69) is 88.3 Å². The zero-order valence-electron chi connectivity index (χ0n) is 50.5. The maximum Gasteiger partial charge on any atom is 0.245 e. The summed E-state index contributed by atoms with van der Waals surface area (Å²) in [4.78, 5) is 154. The Morgan fingerprint density at radius 3 is 1.57 bits per heavy atom. The number of aliphatic hydroxyl groups is 2. The van der Waals surface area contributed by atoms with Gasteiger partial charge >= 0.3 is 0 Å². The predicted molar refractivity (Wildman–Crippen MR) is 324 cm³/mol. The fraction of sp³-hybridized carbons (Fsp3) is 0.696. The van der Waals surface area contributed by atoms with Crippen LogP contribution in [0.25, 0.3) is 0 Å². The van der Waals surface area contributed by atoms with Crippen LogP contribution in [0.4, 0.5) is 0 Å². The molecule has 0 saturated carbocycles. The van der Waals surface area contributed by atoms with Gasteiger partial charge in [-0.3, -0.25) is 52.7 Å². The Balaban J connectivity index is 2.69. The van der Waals surface area contributed by atoms with E-state index >= 15 is 0 Å². The summed E-state index contributed by atoms with van der Waals surface area (Å²) in [5.41, 5.74) is 29.9. The molecule has 13 atom stereocenters. The summed E-state index contributed by atoms with van der Waals surface area (Å²) < 4.78 is 0.708. The number of nitrogens with one attached hydrogen (secondary N) is 11. The van der Waals surface area contributed by atoms with Crippen LogP contribution in [0.3, 0.4) is 0 Å². The topological polar surface area (TPSA) is 491 Å². The Labute approximate surface area is 512 Å². The SMILES string of the molecule is CC[C@H](C)CCCCC(=O)N[C@@H](CCN)C(=O)N[C@H](C(=O)N[C@@H](CCN)C(=O)N[C@H]1CCNC(=O)[C@H]([C@@H](C)O)NC(=O)[C@H](CCN)NC(=O)[C@H](CCN)NC(=O)[C@H](CC(C)C)NC(=O)[C@@H](Cc2ccc(Br)cc2)NC(=O)[C@H](CCN)NC1=O)[C@@H](C)O. The van der Waals surface area contributed by atoms with Gasteiger partial charge in [0.05, 0.1) is 12.2 Å². The molecule has 1 saturated heterocycles. The molecule has 23 N–H and O–H groups in total. The summed E-state index contributed by atoms with van der Waals surface area (Å²) in [5, 5.41) is 49.7. The van der Waals surface area contributed by atoms with Crippen molar-refractivity contribution in [3.63, 3.8) is 0 Å². The van der Waals surface area contributed by atoms with Gasteiger partial charge in [-0.1, -0.05) is 75.0 Å². The molecule has 0 aliphatic carbocycles. The minimum absolute atomic E-state index is 0.0190. The molecular formula is C56H97BrN16O13. The molecule has 11 amide bonds. The van der Waals surface area contributed by atoms with Crippen molar-refractivity contribution in [1.82, 2.24) is 58.5 Å². The number of hydrogen-bond acceptors (Lipinski definition) is 18. The summed E-state index contributed by atoms with van der Waals surface area (Å²) in [6, 6.07) is -8.06. The number of rotatable bonds is 29. The van der Waals surface area contributed by atoms with Crippen LogP contribution in [0, 0.1) is 11.8 Å². The highest BCUT2D eigenvalue weighted by Crippen LogP contribution is 2.15. The molecular weight excluding hydrogens is 1180 g/mol. The van der Waals surface area contributed by atoms with Gasteiger partial charge in [0.2, 0.25) is 65.0 Å². The quantitative estimate of drug-likeness (QED) is 0.0336. The van der Waals surface area contributed by atoms with E-state index in [1.807, 2.05) is 0 Å². The minimum Gasteiger partial charge on any atom is -0.391 e. The second-order valence-corrected chi connectivity index (χ2v) is 23.1. The lowest BCUT2D eigenvalue weighted by Gasteiger charge is -2.29. The van der Waals surface area contributed by atoms with Gasteiger partial charge in [-0.25, -0.2) is 0 Å². The molecule has 1 fully saturated rings. The van der Waals surface area contributed by atoms with E-state index in [4.69, 9.17) is 28.7 Å². The number of carbonyl (C=O) groups is 11. The molecule has 29 nitrogen and oxygen atoms in total. The third-order valence-corrected chi connectivity index (χ3v) is 14.9. The van der Waals surface area contributed by atoms with Gasteiger partial charge in [0.15, 0.2) is 0 Å².